The van der Waals surface area contributed by atoms with Crippen LogP contribution in [0, 0.1) is 0 Å². The summed E-state index contributed by atoms with van der Waals surface area (Å²) in [5.41, 5.74) is 0. The second-order valence-corrected chi connectivity index (χ2v) is 23.2. The Labute approximate surface area is 520 Å². The maximum absolute atomic E-state index is 12.4. The zero-order chi connectivity index (χ0) is 60.5. The molecule has 84 heavy (non-hydrogen) atoms. The molecule has 0 rings (SSSR count). The lowest BCUT2D eigenvalue weighted by Crippen LogP contribution is -2.28. The molecule has 1 N–H and O–H groups in total. The van der Waals surface area contributed by atoms with Gasteiger partial charge in [-0.1, -0.05) is 339 Å². The van der Waals surface area contributed by atoms with Gasteiger partial charge in [0, 0.05) is 12.8 Å². The molecule has 1 atom stereocenters. The number of unbranched alkanes of at least 4 members (excludes halogenated alkanes) is 32. The maximum atomic E-state index is 12.4. The van der Waals surface area contributed by atoms with Crippen molar-refractivity contribution in [1.29, 1.82) is 0 Å². The number of carbonyl (C=O) groups is 2. The smallest absolute Gasteiger partial charge is 0.306 e. The fourth-order valence-corrected chi connectivity index (χ4v) is 9.92. The van der Waals surface area contributed by atoms with E-state index in [-0.39, 0.29) is 25.2 Å². The molecule has 0 radical (unpaired) electrons. The summed E-state index contributed by atoms with van der Waals surface area (Å²) in [6, 6.07) is 0. The minimum Gasteiger partial charge on any atom is -0.462 e. The molecule has 0 bridgehead atoms. The molecule has 0 aliphatic carbocycles. The number of hydrogen-bond acceptors (Lipinski definition) is 5. The molecule has 0 aromatic carbocycles. The first-order valence-electron chi connectivity index (χ1n) is 35.4. The van der Waals surface area contributed by atoms with Crippen molar-refractivity contribution in [1.82, 2.24) is 0 Å². The van der Waals surface area contributed by atoms with Gasteiger partial charge in [-0.15, -0.1) is 0 Å². The minimum absolute atomic E-state index is 0.0706. The Hall–Kier alpha value is -4.22. The summed E-state index contributed by atoms with van der Waals surface area (Å²) < 4.78 is 10.8. The number of rotatable bonds is 64. The van der Waals surface area contributed by atoms with Crippen LogP contribution < -0.4 is 0 Å². The van der Waals surface area contributed by atoms with Gasteiger partial charge >= 0.3 is 11.9 Å². The molecule has 0 aromatic rings. The van der Waals surface area contributed by atoms with Crippen molar-refractivity contribution in [2.45, 2.75) is 328 Å². The number of aliphatic hydroxyl groups excluding tert-OH is 1. The number of aliphatic hydroxyl groups is 1. The Kier molecular flexibility index (Phi) is 69.4. The lowest BCUT2D eigenvalue weighted by molar-refractivity contribution is -0.161. The molecule has 0 fully saturated rings. The van der Waals surface area contributed by atoms with Gasteiger partial charge in [0.05, 0.1) is 6.61 Å². The van der Waals surface area contributed by atoms with Crippen LogP contribution in [0.2, 0.25) is 0 Å². The first-order valence-corrected chi connectivity index (χ1v) is 35.4. The van der Waals surface area contributed by atoms with Gasteiger partial charge in [0.25, 0.3) is 0 Å². The van der Waals surface area contributed by atoms with E-state index in [9.17, 15) is 14.7 Å². The molecule has 0 aromatic heterocycles. The van der Waals surface area contributed by atoms with Gasteiger partial charge in [0.1, 0.15) is 6.61 Å². The molecule has 0 aliphatic heterocycles. The third kappa shape index (κ3) is 70.3. The fourth-order valence-electron chi connectivity index (χ4n) is 9.92. The Morgan fingerprint density at radius 1 is 0.274 bits per heavy atom. The van der Waals surface area contributed by atoms with Crippen LogP contribution in [-0.2, 0) is 19.1 Å². The normalized spacial score (nSPS) is 13.1. The van der Waals surface area contributed by atoms with Crippen molar-refractivity contribution in [3.8, 4) is 0 Å². The van der Waals surface area contributed by atoms with E-state index in [4.69, 9.17) is 9.47 Å². The predicted octanol–water partition coefficient (Wildman–Crippen LogP) is 24.9. The van der Waals surface area contributed by atoms with Crippen LogP contribution in [0.1, 0.15) is 322 Å². The molecule has 0 spiro atoms. The average molecular weight is 1160 g/mol. The SMILES string of the molecule is CC/C=C\C/C=C\C/C=C\C/C=C\C/C=C\C/C=C\C/C=C\CCCCCCCCCCCCCC(=O)OC(CO)COC(=O)CCCCCCCCCCCCCCCCCCCCCCC/C=C\C/C=C\C/C=C\C/C=C\C/C=C\CC. The van der Waals surface area contributed by atoms with E-state index in [1.165, 1.54) is 180 Å². The number of esters is 2. The zero-order valence-electron chi connectivity index (χ0n) is 54.9. The average Bonchev–Trinajstić information content (AvgIpc) is 3.51. The van der Waals surface area contributed by atoms with Crippen LogP contribution in [0.5, 0.6) is 0 Å². The number of ether oxygens (including phenoxy) is 2. The summed E-state index contributed by atoms with van der Waals surface area (Å²) in [7, 11) is 0. The van der Waals surface area contributed by atoms with Gasteiger partial charge in [0.15, 0.2) is 6.10 Å². The molecule has 5 heteroatoms. The standard InChI is InChI=1S/C79H132O5/c1-3-5-7-9-11-13-15-17-19-21-23-25-27-29-31-33-35-37-38-39-40-42-43-45-47-49-51-53-55-57-59-61-63-65-67-69-71-73-78(81)83-76-77(75-80)84-79(82)74-72-70-68-66-64-62-60-58-56-54-52-50-48-46-44-41-36-34-32-30-28-26-24-22-20-18-16-14-12-10-8-6-4-2/h5-8,11-14,17-20,23-26,29-32,36,41,46,48,77,80H,3-4,9-10,15-16,21-22,27-28,33-35,37-40,42-45,47,49-76H2,1-2H3/b7-5-,8-6-,13-11-,14-12-,19-17-,20-18-,25-23-,26-24-,31-29-,32-30-,41-36-,48-46-. The van der Waals surface area contributed by atoms with E-state index in [2.05, 4.69) is 160 Å². The van der Waals surface area contributed by atoms with E-state index in [1.807, 2.05) is 0 Å². The largest absolute Gasteiger partial charge is 0.462 e. The second-order valence-electron chi connectivity index (χ2n) is 23.2. The van der Waals surface area contributed by atoms with Crippen LogP contribution in [0.15, 0.2) is 146 Å². The second kappa shape index (κ2) is 73.0. The summed E-state index contributed by atoms with van der Waals surface area (Å²) in [5, 5.41) is 9.71. The van der Waals surface area contributed by atoms with E-state index in [1.54, 1.807) is 0 Å². The van der Waals surface area contributed by atoms with E-state index in [0.717, 1.165) is 116 Å². The van der Waals surface area contributed by atoms with Crippen molar-refractivity contribution < 1.29 is 24.2 Å². The van der Waals surface area contributed by atoms with Crippen LogP contribution in [-0.4, -0.2) is 36.4 Å². The van der Waals surface area contributed by atoms with Crippen molar-refractivity contribution in [2.24, 2.45) is 0 Å². The summed E-state index contributed by atoms with van der Waals surface area (Å²) >= 11 is 0. The highest BCUT2D eigenvalue weighted by atomic mass is 16.6. The van der Waals surface area contributed by atoms with Crippen molar-refractivity contribution >= 4 is 11.9 Å². The number of carbonyl (C=O) groups excluding carboxylic acids is 2. The molecule has 0 aliphatic rings. The quantitative estimate of drug-likeness (QED) is 0.0373. The van der Waals surface area contributed by atoms with Gasteiger partial charge in [-0.3, -0.25) is 9.59 Å². The zero-order valence-corrected chi connectivity index (χ0v) is 54.9. The van der Waals surface area contributed by atoms with Gasteiger partial charge < -0.3 is 14.6 Å². The lowest BCUT2D eigenvalue weighted by atomic mass is 10.0. The first kappa shape index (κ1) is 79.8. The Morgan fingerprint density at radius 2 is 0.476 bits per heavy atom. The van der Waals surface area contributed by atoms with Gasteiger partial charge in [0.2, 0.25) is 0 Å². The van der Waals surface area contributed by atoms with Crippen LogP contribution in [0.25, 0.3) is 0 Å². The Morgan fingerprint density at radius 3 is 0.714 bits per heavy atom. The third-order valence-corrected chi connectivity index (χ3v) is 15.1. The molecule has 0 saturated carbocycles. The molecule has 0 amide bonds. The highest BCUT2D eigenvalue weighted by Crippen LogP contribution is 2.17. The van der Waals surface area contributed by atoms with Crippen molar-refractivity contribution in [2.75, 3.05) is 13.2 Å². The molecular weight excluding hydrogens is 1030 g/mol. The first-order chi connectivity index (χ1) is 41.6. The van der Waals surface area contributed by atoms with Crippen LogP contribution in [0.3, 0.4) is 0 Å². The molecular formula is C79H132O5. The summed E-state index contributed by atoms with van der Waals surface area (Å²) in [6.45, 7) is 3.93. The van der Waals surface area contributed by atoms with Crippen molar-refractivity contribution in [3.63, 3.8) is 0 Å². The number of allylic oxidation sites excluding steroid dienone is 24. The van der Waals surface area contributed by atoms with Gasteiger partial charge in [-0.05, 0) is 116 Å². The highest BCUT2D eigenvalue weighted by Gasteiger charge is 2.16. The lowest BCUT2D eigenvalue weighted by Gasteiger charge is -2.15. The van der Waals surface area contributed by atoms with Crippen LogP contribution in [0.4, 0.5) is 0 Å². The summed E-state index contributed by atoms with van der Waals surface area (Å²) in [5.74, 6) is -0.588. The van der Waals surface area contributed by atoms with Gasteiger partial charge in [-0.2, -0.15) is 0 Å². The topological polar surface area (TPSA) is 72.8 Å². The molecule has 0 heterocycles. The van der Waals surface area contributed by atoms with E-state index < -0.39 is 6.10 Å². The monoisotopic (exact) mass is 1160 g/mol. The third-order valence-electron chi connectivity index (χ3n) is 15.1. The van der Waals surface area contributed by atoms with E-state index in [0.29, 0.717) is 12.8 Å². The molecule has 478 valence electrons. The van der Waals surface area contributed by atoms with Crippen LogP contribution >= 0.6 is 0 Å². The Balaban J connectivity index is 3.48. The van der Waals surface area contributed by atoms with Crippen molar-refractivity contribution in [3.05, 3.63) is 146 Å². The molecule has 0 saturated heterocycles. The Bertz CT molecular complexity index is 1750. The summed E-state index contributed by atoms with van der Waals surface area (Å²) in [4.78, 5) is 24.7. The fraction of sp³-hybridized carbons (Fsp3) is 0.671. The molecule has 5 nitrogen and oxygen atoms in total. The van der Waals surface area contributed by atoms with Gasteiger partial charge in [-0.25, -0.2) is 0 Å². The molecule has 1 unspecified atom stereocenters. The highest BCUT2D eigenvalue weighted by molar-refractivity contribution is 5.70. The minimum atomic E-state index is -0.782. The maximum Gasteiger partial charge on any atom is 0.306 e. The number of hydrogen-bond donors (Lipinski definition) is 1. The predicted molar refractivity (Wildman–Crippen MR) is 371 cm³/mol. The van der Waals surface area contributed by atoms with E-state index >= 15 is 0 Å². The summed E-state index contributed by atoms with van der Waals surface area (Å²) in [6.07, 6.45) is 110.